The monoisotopic (exact) mass is 1570 g/mol. The van der Waals surface area contributed by atoms with Crippen molar-refractivity contribution in [3.05, 3.63) is 0 Å². The summed E-state index contributed by atoms with van der Waals surface area (Å²) in [6, 6.07) is 0. The lowest BCUT2D eigenvalue weighted by Gasteiger charge is -2.59. The average molecular weight is 1570 g/mol. The van der Waals surface area contributed by atoms with Gasteiger partial charge in [0.25, 0.3) is 0 Å². The number of rotatable bonds is 20. The summed E-state index contributed by atoms with van der Waals surface area (Å²) >= 11 is 0. The number of ether oxygens (including phenoxy) is 2. The van der Waals surface area contributed by atoms with Crippen LogP contribution in [0.5, 0.6) is 0 Å². The number of carbonyl (C=O) groups is 10. The summed E-state index contributed by atoms with van der Waals surface area (Å²) in [5.74, 6) is 4.27. The first-order valence-electron chi connectivity index (χ1n) is 40.4. The molecule has 0 aliphatic heterocycles. The number of nitrogens with one attached hydrogen (secondary N) is 3. The predicted octanol–water partition coefficient (Wildman–Crippen LogP) is 14.8. The Balaban J connectivity index is 0.000000267. The fourth-order valence-corrected chi connectivity index (χ4v) is 20.6. The third kappa shape index (κ3) is 23.3. The van der Waals surface area contributed by atoms with Crippen LogP contribution in [0.25, 0.3) is 0 Å². The molecule has 12 saturated carbocycles. The van der Waals surface area contributed by atoms with Crippen molar-refractivity contribution in [2.75, 3.05) is 26.2 Å². The first-order valence-corrected chi connectivity index (χ1v) is 44.2. The number of ketones is 1. The van der Waals surface area contributed by atoms with Crippen molar-refractivity contribution in [1.29, 1.82) is 0 Å². The van der Waals surface area contributed by atoms with Gasteiger partial charge in [-0.15, -0.1) is 0 Å². The van der Waals surface area contributed by atoms with Crippen LogP contribution in [0.15, 0.2) is 0 Å². The van der Waals surface area contributed by atoms with Gasteiger partial charge in [0.2, 0.25) is 37.8 Å². The molecule has 12 rings (SSSR count). The lowest BCUT2D eigenvalue weighted by molar-refractivity contribution is -0.215. The Bertz CT molecular complexity index is 3410. The van der Waals surface area contributed by atoms with Crippen LogP contribution in [0.3, 0.4) is 0 Å². The quantitative estimate of drug-likeness (QED) is 0.0557. The van der Waals surface area contributed by atoms with Gasteiger partial charge < -0.3 is 35.2 Å². The van der Waals surface area contributed by atoms with Crippen molar-refractivity contribution in [3.8, 4) is 0 Å². The molecule has 622 valence electrons. The molecule has 0 saturated heterocycles. The maximum Gasteiger partial charge on any atom is 0.312 e. The second kappa shape index (κ2) is 36.7. The van der Waals surface area contributed by atoms with Crippen LogP contribution in [-0.2, 0) is 77.5 Å². The fourth-order valence-electron chi connectivity index (χ4n) is 19.5. The zero-order valence-electron chi connectivity index (χ0n) is 70.3. The number of carbonyl (C=O) groups excluding carboxylic acids is 6. The summed E-state index contributed by atoms with van der Waals surface area (Å²) in [5, 5.41) is 38.9. The molecule has 12 aliphatic carbocycles. The van der Waals surface area contributed by atoms with E-state index in [1.807, 2.05) is 80.9 Å². The van der Waals surface area contributed by atoms with E-state index in [0.717, 1.165) is 121 Å². The Morgan fingerprint density at radius 2 is 0.963 bits per heavy atom. The number of methoxy groups -OCH3 is 1. The molecule has 7 N–H and O–H groups in total. The summed E-state index contributed by atoms with van der Waals surface area (Å²) in [7, 11) is -5.41. The van der Waals surface area contributed by atoms with Crippen LogP contribution in [0.2, 0.25) is 0 Å². The summed E-state index contributed by atoms with van der Waals surface area (Å²) in [4.78, 5) is 114. The zero-order valence-corrected chi connectivity index (χ0v) is 72.0. The van der Waals surface area contributed by atoms with Crippen molar-refractivity contribution < 1.29 is 94.7 Å². The summed E-state index contributed by atoms with van der Waals surface area (Å²) in [6.07, 6.45) is 23.0. The van der Waals surface area contributed by atoms with Gasteiger partial charge in [-0.1, -0.05) is 110 Å². The van der Waals surface area contributed by atoms with E-state index < -0.39 is 77.1 Å². The van der Waals surface area contributed by atoms with E-state index in [1.165, 1.54) is 39.2 Å². The van der Waals surface area contributed by atoms with Gasteiger partial charge in [-0.2, -0.15) is 0 Å². The third-order valence-electron chi connectivity index (χ3n) is 29.3. The van der Waals surface area contributed by atoms with Crippen LogP contribution in [-0.4, -0.2) is 128 Å². The van der Waals surface area contributed by atoms with E-state index in [1.54, 1.807) is 27.7 Å². The summed E-state index contributed by atoms with van der Waals surface area (Å²) in [6.45, 7) is 42.0. The number of fused-ring (bicyclic) bond motifs is 8. The van der Waals surface area contributed by atoms with E-state index >= 15 is 0 Å². The SMILES string of the molecule is CC1C2CC(C(=O)NS(C)(=O)=O)C(C2)C1C.CC1C2CC(C(=O)O)C(C2)C1C.CCC(C)(C)C(=O)NCCC12CCC(CC1=O)C2(C)C.CCC(C)(C)C(=O)NS(C)(=O)=O.CCC(C)(C)C(=O)O.CCC(C)(C)C(=O)OC.CCC(C)(C)C(=O)OC12CC3CC(C1)CC(C(=O)O)(C3)C2.O=C(O)C1CC2CCC1C2. The van der Waals surface area contributed by atoms with Crippen molar-refractivity contribution in [2.45, 2.75) is 299 Å². The molecular formula is C83H143N3O20S2. The Hall–Kier alpha value is -5.20. The van der Waals surface area contributed by atoms with Crippen LogP contribution in [0.1, 0.15) is 293 Å². The molecule has 12 bridgehead atoms. The van der Waals surface area contributed by atoms with Crippen LogP contribution in [0.4, 0.5) is 0 Å². The van der Waals surface area contributed by atoms with Gasteiger partial charge in [0.1, 0.15) is 11.4 Å². The van der Waals surface area contributed by atoms with E-state index in [4.69, 9.17) is 20.1 Å². The maximum atomic E-state index is 12.5. The minimum Gasteiger partial charge on any atom is -0.481 e. The van der Waals surface area contributed by atoms with Crippen LogP contribution >= 0.6 is 0 Å². The number of Topliss-reactive ketones (excluding diaryl/α,β-unsaturated/α-hetero) is 1. The van der Waals surface area contributed by atoms with Crippen LogP contribution in [0, 0.1) is 138 Å². The molecule has 0 radical (unpaired) electrons. The highest BCUT2D eigenvalue weighted by atomic mass is 32.2. The first-order chi connectivity index (χ1) is 49.3. The van der Waals surface area contributed by atoms with Crippen molar-refractivity contribution in [1.82, 2.24) is 14.8 Å². The molecule has 17 unspecified atom stereocenters. The maximum absolute atomic E-state index is 12.5. The molecule has 108 heavy (non-hydrogen) atoms. The number of carboxylic acid groups (broad SMARTS) is 4. The molecule has 0 spiro atoms. The number of sulfonamides is 2. The molecule has 23 nitrogen and oxygen atoms in total. The average Bonchev–Trinajstić information content (AvgIpc) is 1.71. The Kier molecular flexibility index (Phi) is 32.4. The molecule has 17 atom stereocenters. The number of esters is 2. The van der Waals surface area contributed by atoms with Gasteiger partial charge in [-0.25, -0.2) is 16.8 Å². The molecule has 0 aromatic carbocycles. The minimum absolute atomic E-state index is 0.0127. The van der Waals surface area contributed by atoms with Gasteiger partial charge in [-0.3, -0.25) is 57.4 Å². The molecule has 12 fully saturated rings. The highest BCUT2D eigenvalue weighted by molar-refractivity contribution is 7.89. The van der Waals surface area contributed by atoms with Gasteiger partial charge in [0.15, 0.2) is 0 Å². The number of amides is 3. The topological polar surface area (TPSA) is 374 Å². The number of carboxylic acids is 4. The molecule has 25 heteroatoms. The second-order valence-electron chi connectivity index (χ2n) is 38.6. The van der Waals surface area contributed by atoms with Crippen molar-refractivity contribution in [2.24, 2.45) is 138 Å². The molecule has 0 aromatic heterocycles. The first kappa shape index (κ1) is 95.2. The standard InChI is InChI=1S/C17H29NO2.C17H26O4.C11H19NO3S.C10H16O2.C8H12O2.C7H15NO3S.C7H14O2.C6H12O2/c1-6-15(2,3)14(20)18-10-9-17-8-7-12(11-13(17)19)16(17,4)5;1-4-15(2,3)14(20)21-17-8-11-5-12(9-17)7-16(6-11,10-17)13(18)19;1-6-7(2)9-4-8(6)5-10(9)11(13)12-16(3,14)15;1-5-6(2)8-3-7(5)4-9(8)10(11)12;9-8(10)7-4-5-1-2-6(7)3-5;1-5-7(2,3)6(9)8-12(4,10)11;1-5-7(2,3)6(8)9-4;1-4-6(2,3)5(7)8/h12H,6-11H2,1-5H3,(H,18,20);11-12H,4-10H2,1-3H3,(H,18,19);6-10H,4-5H2,1-3H3,(H,12,13);5-9H,3-4H2,1-2H3,(H,11,12);5-7H,1-4H2,(H,9,10);5H2,1-4H3,(H,8,9);5H2,1-4H3;4H2,1-3H3,(H,7,8). The van der Waals surface area contributed by atoms with Crippen molar-refractivity contribution >= 4 is 79.4 Å². The second-order valence-corrected chi connectivity index (χ2v) is 42.1. The largest absolute Gasteiger partial charge is 0.481 e. The highest BCUT2D eigenvalue weighted by Crippen LogP contribution is 2.66. The van der Waals surface area contributed by atoms with E-state index in [9.17, 15) is 69.9 Å². The Morgan fingerprint density at radius 3 is 1.30 bits per heavy atom. The van der Waals surface area contributed by atoms with Gasteiger partial charge in [-0.05, 0) is 252 Å². The van der Waals surface area contributed by atoms with Crippen LogP contribution < -0.4 is 14.8 Å². The fraction of sp³-hybridized carbons (Fsp3) is 0.880. The lowest BCUT2D eigenvalue weighted by Crippen LogP contribution is -2.60. The summed E-state index contributed by atoms with van der Waals surface area (Å²) in [5.41, 5.74) is -3.49. The molecular weight excluding hydrogens is 1420 g/mol. The molecule has 12 aliphatic rings. The number of hydrogen-bond acceptors (Lipinski definition) is 16. The third-order valence-corrected chi connectivity index (χ3v) is 30.5. The number of aliphatic carboxylic acids is 4. The molecule has 0 aromatic rings. The van der Waals surface area contributed by atoms with Crippen molar-refractivity contribution in [3.63, 3.8) is 0 Å². The summed E-state index contributed by atoms with van der Waals surface area (Å²) < 4.78 is 58.0. The Morgan fingerprint density at radius 1 is 0.509 bits per heavy atom. The predicted molar refractivity (Wildman–Crippen MR) is 416 cm³/mol. The number of hydrogen-bond donors (Lipinski definition) is 7. The van der Waals surface area contributed by atoms with Gasteiger partial charge in [0, 0.05) is 41.5 Å². The normalized spacial score (nSPS) is 33.1. The van der Waals surface area contributed by atoms with E-state index in [-0.39, 0.29) is 63.2 Å². The van der Waals surface area contributed by atoms with Gasteiger partial charge in [0.05, 0.1) is 53.1 Å². The van der Waals surface area contributed by atoms with E-state index in [0.29, 0.717) is 96.7 Å². The zero-order chi connectivity index (χ0) is 83.0. The Labute approximate surface area is 648 Å². The molecule has 3 amide bonds. The smallest absolute Gasteiger partial charge is 0.312 e. The molecule has 0 heterocycles. The minimum atomic E-state index is -3.42. The van der Waals surface area contributed by atoms with E-state index in [2.05, 4.69) is 56.3 Å². The lowest BCUT2D eigenvalue weighted by atomic mass is 9.48. The van der Waals surface area contributed by atoms with Gasteiger partial charge >= 0.3 is 35.8 Å². The highest BCUT2D eigenvalue weighted by Gasteiger charge is 2.65.